The summed E-state index contributed by atoms with van der Waals surface area (Å²) < 4.78 is 0. The summed E-state index contributed by atoms with van der Waals surface area (Å²) >= 11 is 0. The van der Waals surface area contributed by atoms with E-state index in [4.69, 9.17) is 0 Å². The van der Waals surface area contributed by atoms with Crippen molar-refractivity contribution in [2.45, 2.75) is 71.0 Å². The van der Waals surface area contributed by atoms with E-state index in [-0.39, 0.29) is 60.3 Å². The van der Waals surface area contributed by atoms with Crippen LogP contribution in [0, 0.1) is 5.92 Å². The highest BCUT2D eigenvalue weighted by molar-refractivity contribution is 6.09. The van der Waals surface area contributed by atoms with Crippen LogP contribution in [0.15, 0.2) is 103 Å². The largest absolute Gasteiger partial charge is 0.331 e. The first kappa shape index (κ1) is 34.3. The molecule has 6 rings (SSSR count). The number of rotatable bonds is 11. The standard InChI is InChI=1S/C41H42N4O5/c1-27(30-12-4-3-5-13-30)42-41(50)43-31-24-22-29(23-25-31)26-44-36-17-8-9-18-37(36)45(35-19-10-16-34(35)40(44)49)39(48)21-11-20-38(47)33-15-7-6-14-32(33)28(2)46/h3-9,12-15,17-18,22-25,27,34-35H,10-11,16,19-21,26H2,1-2H3,(H2,42,43,50)/t27?,34?,35-/m1/s1. The van der Waals surface area contributed by atoms with Gasteiger partial charge in [-0.15, -0.1) is 0 Å². The number of carbonyl (C=O) groups is 5. The third-order valence-corrected chi connectivity index (χ3v) is 9.70. The summed E-state index contributed by atoms with van der Waals surface area (Å²) in [5, 5.41) is 5.84. The molecule has 4 aromatic carbocycles. The molecule has 4 amide bonds. The molecule has 1 fully saturated rings. The van der Waals surface area contributed by atoms with Crippen molar-refractivity contribution in [3.8, 4) is 0 Å². The van der Waals surface area contributed by atoms with Gasteiger partial charge < -0.3 is 20.4 Å². The third-order valence-electron chi connectivity index (χ3n) is 9.70. The molecule has 9 heteroatoms. The number of hydrogen-bond acceptors (Lipinski definition) is 5. The number of ketones is 2. The Balaban J connectivity index is 1.15. The minimum Gasteiger partial charge on any atom is -0.331 e. The molecule has 1 aliphatic carbocycles. The van der Waals surface area contributed by atoms with E-state index >= 15 is 0 Å². The van der Waals surface area contributed by atoms with Gasteiger partial charge in [0.1, 0.15) is 0 Å². The molecule has 9 nitrogen and oxygen atoms in total. The predicted octanol–water partition coefficient (Wildman–Crippen LogP) is 7.87. The zero-order valence-corrected chi connectivity index (χ0v) is 28.4. The van der Waals surface area contributed by atoms with Crippen molar-refractivity contribution < 1.29 is 24.0 Å². The van der Waals surface area contributed by atoms with Gasteiger partial charge in [-0.1, -0.05) is 85.3 Å². The van der Waals surface area contributed by atoms with E-state index in [1.807, 2.05) is 85.8 Å². The molecule has 2 aliphatic rings. The maximum absolute atomic E-state index is 14.2. The second-order valence-electron chi connectivity index (χ2n) is 13.1. The van der Waals surface area contributed by atoms with Crippen LogP contribution in [0.2, 0.25) is 0 Å². The second kappa shape index (κ2) is 15.3. The van der Waals surface area contributed by atoms with Gasteiger partial charge in [-0.2, -0.15) is 0 Å². The molecule has 3 atom stereocenters. The molecule has 1 heterocycles. The molecule has 2 N–H and O–H groups in total. The minimum absolute atomic E-state index is 0.0113. The van der Waals surface area contributed by atoms with Gasteiger partial charge in [0, 0.05) is 35.7 Å². The molecule has 0 spiro atoms. The lowest BCUT2D eigenvalue weighted by molar-refractivity contribution is -0.123. The first-order valence-corrected chi connectivity index (χ1v) is 17.3. The van der Waals surface area contributed by atoms with Crippen LogP contribution in [0.5, 0.6) is 0 Å². The topological polar surface area (TPSA) is 116 Å². The summed E-state index contributed by atoms with van der Waals surface area (Å²) in [7, 11) is 0. The maximum atomic E-state index is 14.2. The molecule has 1 saturated carbocycles. The van der Waals surface area contributed by atoms with Crippen molar-refractivity contribution in [1.29, 1.82) is 0 Å². The molecule has 0 aromatic heterocycles. The quantitative estimate of drug-likeness (QED) is 0.158. The van der Waals surface area contributed by atoms with Crippen molar-refractivity contribution in [3.63, 3.8) is 0 Å². The van der Waals surface area contributed by atoms with Crippen LogP contribution >= 0.6 is 0 Å². The predicted molar refractivity (Wildman–Crippen MR) is 194 cm³/mol. The summed E-state index contributed by atoms with van der Waals surface area (Å²) in [5.74, 6) is -0.804. The van der Waals surface area contributed by atoms with Gasteiger partial charge in [0.2, 0.25) is 11.8 Å². The van der Waals surface area contributed by atoms with Crippen LogP contribution in [0.3, 0.4) is 0 Å². The van der Waals surface area contributed by atoms with Gasteiger partial charge in [-0.05, 0) is 68.5 Å². The third kappa shape index (κ3) is 7.52. The Hall–Kier alpha value is -5.57. The van der Waals surface area contributed by atoms with E-state index in [2.05, 4.69) is 10.6 Å². The number of nitrogens with one attached hydrogen (secondary N) is 2. The Morgan fingerprint density at radius 3 is 2.16 bits per heavy atom. The van der Waals surface area contributed by atoms with Gasteiger partial charge >= 0.3 is 6.03 Å². The smallest absolute Gasteiger partial charge is 0.319 e. The maximum Gasteiger partial charge on any atom is 0.319 e. The first-order chi connectivity index (χ1) is 24.2. The normalized spacial score (nSPS) is 17.3. The monoisotopic (exact) mass is 670 g/mol. The second-order valence-corrected chi connectivity index (χ2v) is 13.1. The van der Waals surface area contributed by atoms with Crippen molar-refractivity contribution in [2.24, 2.45) is 5.92 Å². The summed E-state index contributed by atoms with van der Waals surface area (Å²) in [6.07, 6.45) is 2.88. The summed E-state index contributed by atoms with van der Waals surface area (Å²) in [5.41, 5.74) is 4.66. The van der Waals surface area contributed by atoms with E-state index in [0.29, 0.717) is 47.6 Å². The number of hydrogen-bond donors (Lipinski definition) is 2. The fourth-order valence-electron chi connectivity index (χ4n) is 7.17. The van der Waals surface area contributed by atoms with Crippen molar-refractivity contribution in [2.75, 3.05) is 15.1 Å². The SMILES string of the molecule is CC(=O)c1ccccc1C(=O)CCCC(=O)N1c2ccccc2N(Cc2ccc(NC(=O)NC(C)c3ccccc3)cc2)C(=O)C2CCC[C@H]21. The van der Waals surface area contributed by atoms with Gasteiger partial charge in [0.15, 0.2) is 11.6 Å². The first-order valence-electron chi connectivity index (χ1n) is 17.3. The molecule has 0 bridgehead atoms. The molecule has 1 aliphatic heterocycles. The zero-order valence-electron chi connectivity index (χ0n) is 28.4. The van der Waals surface area contributed by atoms with Gasteiger partial charge in [0.05, 0.1) is 29.9 Å². The van der Waals surface area contributed by atoms with Gasteiger partial charge in [-0.25, -0.2) is 4.79 Å². The van der Waals surface area contributed by atoms with Crippen molar-refractivity contribution >= 4 is 46.5 Å². The van der Waals surface area contributed by atoms with E-state index < -0.39 is 0 Å². The highest BCUT2D eigenvalue weighted by Crippen LogP contribution is 2.43. The number of para-hydroxylation sites is 2. The fraction of sp³-hybridized carbons (Fsp3) is 0.293. The molecular formula is C41H42N4O5. The summed E-state index contributed by atoms with van der Waals surface area (Å²) in [4.78, 5) is 69.5. The molecule has 2 unspecified atom stereocenters. The number of benzene rings is 4. The van der Waals surface area contributed by atoms with Crippen LogP contribution in [0.1, 0.15) is 90.3 Å². The van der Waals surface area contributed by atoms with Crippen molar-refractivity contribution in [3.05, 3.63) is 125 Å². The van der Waals surface area contributed by atoms with Crippen LogP contribution in [-0.2, 0) is 16.1 Å². The molecule has 0 radical (unpaired) electrons. The number of amides is 4. The zero-order chi connectivity index (χ0) is 35.2. The Kier molecular flexibility index (Phi) is 10.5. The van der Waals surface area contributed by atoms with E-state index in [1.165, 1.54) is 6.92 Å². The molecule has 0 saturated heterocycles. The van der Waals surface area contributed by atoms with Gasteiger partial charge in [0.25, 0.3) is 0 Å². The van der Waals surface area contributed by atoms with Crippen LogP contribution < -0.4 is 20.4 Å². The number of Topliss-reactive ketones (excluding diaryl/α,β-unsaturated/α-hetero) is 2. The van der Waals surface area contributed by atoms with E-state index in [1.54, 1.807) is 34.1 Å². The number of urea groups is 1. The average molecular weight is 671 g/mol. The number of nitrogens with zero attached hydrogens (tertiary/aromatic N) is 2. The Morgan fingerprint density at radius 1 is 0.780 bits per heavy atom. The highest BCUT2D eigenvalue weighted by Gasteiger charge is 2.45. The highest BCUT2D eigenvalue weighted by atomic mass is 16.2. The number of anilines is 3. The van der Waals surface area contributed by atoms with E-state index in [9.17, 15) is 24.0 Å². The lowest BCUT2D eigenvalue weighted by atomic mass is 9.97. The van der Waals surface area contributed by atoms with Crippen LogP contribution in [0.25, 0.3) is 0 Å². The van der Waals surface area contributed by atoms with Crippen molar-refractivity contribution in [1.82, 2.24) is 5.32 Å². The van der Waals surface area contributed by atoms with Crippen LogP contribution in [-0.4, -0.2) is 35.5 Å². The Morgan fingerprint density at radius 2 is 1.44 bits per heavy atom. The number of fused-ring (bicyclic) bond motifs is 2. The minimum atomic E-state index is -0.341. The molecule has 50 heavy (non-hydrogen) atoms. The summed E-state index contributed by atoms with van der Waals surface area (Å²) in [6.45, 7) is 3.68. The molecular weight excluding hydrogens is 628 g/mol. The average Bonchev–Trinajstić information content (AvgIpc) is 3.58. The lowest BCUT2D eigenvalue weighted by Crippen LogP contribution is -2.45. The fourth-order valence-corrected chi connectivity index (χ4v) is 7.17. The molecule has 4 aromatic rings. The molecule has 256 valence electrons. The lowest BCUT2D eigenvalue weighted by Gasteiger charge is -2.30. The number of carbonyl (C=O) groups excluding carboxylic acids is 5. The van der Waals surface area contributed by atoms with E-state index in [0.717, 1.165) is 24.0 Å². The Bertz CT molecular complexity index is 1890. The van der Waals surface area contributed by atoms with Crippen LogP contribution in [0.4, 0.5) is 21.9 Å². The Labute approximate surface area is 292 Å². The summed E-state index contributed by atoms with van der Waals surface area (Å²) in [6, 6.07) is 30.7. The van der Waals surface area contributed by atoms with Gasteiger partial charge in [-0.3, -0.25) is 19.2 Å².